The summed E-state index contributed by atoms with van der Waals surface area (Å²) in [5.41, 5.74) is 2.56. The van der Waals surface area contributed by atoms with Crippen LogP contribution in [0.4, 0.5) is 0 Å². The van der Waals surface area contributed by atoms with Gasteiger partial charge in [0.15, 0.2) is 0 Å². The van der Waals surface area contributed by atoms with Crippen LogP contribution in [0.15, 0.2) is 59.2 Å². The van der Waals surface area contributed by atoms with E-state index in [0.717, 1.165) is 28.7 Å². The van der Waals surface area contributed by atoms with Gasteiger partial charge >= 0.3 is 5.97 Å². The van der Waals surface area contributed by atoms with Gasteiger partial charge in [-0.3, -0.25) is 0 Å². The van der Waals surface area contributed by atoms with Crippen molar-refractivity contribution in [1.82, 2.24) is 0 Å². The second-order valence-corrected chi connectivity index (χ2v) is 5.10. The van der Waals surface area contributed by atoms with Gasteiger partial charge in [0.1, 0.15) is 11.3 Å². The molecule has 0 saturated carbocycles. The summed E-state index contributed by atoms with van der Waals surface area (Å²) in [5, 5.41) is 1.10. The van der Waals surface area contributed by atoms with Crippen LogP contribution in [0.1, 0.15) is 22.8 Å². The van der Waals surface area contributed by atoms with Crippen LogP contribution in [-0.4, -0.2) is 19.2 Å². The summed E-state index contributed by atoms with van der Waals surface area (Å²) in [4.78, 5) is 11.6. The summed E-state index contributed by atoms with van der Waals surface area (Å²) in [5.74, 6) is 0.410. The number of benzene rings is 2. The molecule has 0 aliphatic rings. The highest BCUT2D eigenvalue weighted by molar-refractivity contribution is 5.89. The van der Waals surface area contributed by atoms with Crippen molar-refractivity contribution < 1.29 is 18.7 Å². The van der Waals surface area contributed by atoms with Gasteiger partial charge < -0.3 is 13.9 Å². The van der Waals surface area contributed by atoms with E-state index >= 15 is 0 Å². The number of rotatable bonds is 6. The SMILES string of the molecule is CCOC(=O)c1ccc(OCCc2cccc3ccoc23)cc1. The van der Waals surface area contributed by atoms with E-state index in [2.05, 4.69) is 0 Å². The largest absolute Gasteiger partial charge is 0.493 e. The number of fused-ring (bicyclic) bond motifs is 1. The highest BCUT2D eigenvalue weighted by Crippen LogP contribution is 2.20. The molecule has 4 heteroatoms. The molecule has 4 nitrogen and oxygen atoms in total. The predicted octanol–water partition coefficient (Wildman–Crippen LogP) is 4.23. The Balaban J connectivity index is 1.58. The molecular formula is C19H18O4. The molecule has 3 aromatic rings. The number of hydrogen-bond donors (Lipinski definition) is 0. The van der Waals surface area contributed by atoms with Crippen LogP contribution in [0.25, 0.3) is 11.0 Å². The molecule has 3 rings (SSSR count). The number of furan rings is 1. The lowest BCUT2D eigenvalue weighted by Crippen LogP contribution is -2.05. The average molecular weight is 310 g/mol. The van der Waals surface area contributed by atoms with E-state index in [1.165, 1.54) is 0 Å². The molecule has 0 amide bonds. The van der Waals surface area contributed by atoms with Crippen LogP contribution < -0.4 is 4.74 Å². The number of esters is 1. The molecule has 0 fully saturated rings. The summed E-state index contributed by atoms with van der Waals surface area (Å²) < 4.78 is 16.2. The lowest BCUT2D eigenvalue weighted by atomic mass is 10.1. The monoisotopic (exact) mass is 310 g/mol. The van der Waals surface area contributed by atoms with E-state index in [4.69, 9.17) is 13.9 Å². The zero-order valence-electron chi connectivity index (χ0n) is 13.0. The fraction of sp³-hybridized carbons (Fsp3) is 0.211. The number of ether oxygens (including phenoxy) is 2. The molecule has 0 N–H and O–H groups in total. The fourth-order valence-corrected chi connectivity index (χ4v) is 2.43. The molecule has 118 valence electrons. The van der Waals surface area contributed by atoms with Crippen LogP contribution in [0, 0.1) is 0 Å². The summed E-state index contributed by atoms with van der Waals surface area (Å²) in [6.07, 6.45) is 2.45. The van der Waals surface area contributed by atoms with Crippen molar-refractivity contribution in [3.05, 3.63) is 65.9 Å². The van der Waals surface area contributed by atoms with E-state index in [-0.39, 0.29) is 5.97 Å². The van der Waals surface area contributed by atoms with Gasteiger partial charge in [-0.2, -0.15) is 0 Å². The molecule has 0 aliphatic heterocycles. The van der Waals surface area contributed by atoms with Gasteiger partial charge in [0.25, 0.3) is 0 Å². The number of carbonyl (C=O) groups is 1. The number of para-hydroxylation sites is 1. The van der Waals surface area contributed by atoms with Crippen LogP contribution in [0.2, 0.25) is 0 Å². The molecular weight excluding hydrogens is 292 g/mol. The zero-order valence-corrected chi connectivity index (χ0v) is 13.0. The van der Waals surface area contributed by atoms with Crippen molar-refractivity contribution in [3.63, 3.8) is 0 Å². The molecule has 0 atom stereocenters. The minimum Gasteiger partial charge on any atom is -0.493 e. The summed E-state index contributed by atoms with van der Waals surface area (Å²) >= 11 is 0. The lowest BCUT2D eigenvalue weighted by molar-refractivity contribution is 0.0526. The topological polar surface area (TPSA) is 48.7 Å². The van der Waals surface area contributed by atoms with Gasteiger partial charge in [-0.1, -0.05) is 18.2 Å². The maximum absolute atomic E-state index is 11.6. The first-order valence-electron chi connectivity index (χ1n) is 7.63. The summed E-state index contributed by atoms with van der Waals surface area (Å²) in [6, 6.07) is 15.0. The minimum atomic E-state index is -0.316. The maximum atomic E-state index is 11.6. The second-order valence-electron chi connectivity index (χ2n) is 5.10. The number of carbonyl (C=O) groups excluding carboxylic acids is 1. The first-order valence-corrected chi connectivity index (χ1v) is 7.63. The molecule has 23 heavy (non-hydrogen) atoms. The van der Waals surface area contributed by atoms with Gasteiger partial charge in [-0.05, 0) is 42.8 Å². The second kappa shape index (κ2) is 7.01. The molecule has 0 aliphatic carbocycles. The molecule has 0 bridgehead atoms. The smallest absolute Gasteiger partial charge is 0.338 e. The lowest BCUT2D eigenvalue weighted by Gasteiger charge is -2.07. The van der Waals surface area contributed by atoms with Crippen molar-refractivity contribution in [2.75, 3.05) is 13.2 Å². The van der Waals surface area contributed by atoms with Crippen molar-refractivity contribution in [2.24, 2.45) is 0 Å². The first-order chi connectivity index (χ1) is 11.3. The predicted molar refractivity (Wildman–Crippen MR) is 87.8 cm³/mol. The molecule has 2 aromatic carbocycles. The van der Waals surface area contributed by atoms with E-state index in [9.17, 15) is 4.79 Å². The Morgan fingerprint density at radius 1 is 1.09 bits per heavy atom. The highest BCUT2D eigenvalue weighted by Gasteiger charge is 2.07. The summed E-state index contributed by atoms with van der Waals surface area (Å²) in [7, 11) is 0. The first kappa shape index (κ1) is 15.2. The van der Waals surface area contributed by atoms with E-state index in [0.29, 0.717) is 18.8 Å². The minimum absolute atomic E-state index is 0.316. The fourth-order valence-electron chi connectivity index (χ4n) is 2.43. The highest BCUT2D eigenvalue weighted by atomic mass is 16.5. The quantitative estimate of drug-likeness (QED) is 0.639. The standard InChI is InChI=1S/C19H18O4/c1-2-21-19(20)16-6-8-17(9-7-16)22-12-10-14-4-3-5-15-11-13-23-18(14)15/h3-9,11,13H,2,10,12H2,1H3. The van der Waals surface area contributed by atoms with Crippen molar-refractivity contribution >= 4 is 16.9 Å². The van der Waals surface area contributed by atoms with Gasteiger partial charge in [0.05, 0.1) is 25.0 Å². The zero-order chi connectivity index (χ0) is 16.1. The maximum Gasteiger partial charge on any atom is 0.338 e. The third-order valence-corrected chi connectivity index (χ3v) is 3.57. The molecule has 1 heterocycles. The van der Waals surface area contributed by atoms with E-state index in [1.807, 2.05) is 24.3 Å². The molecule has 1 aromatic heterocycles. The third-order valence-electron chi connectivity index (χ3n) is 3.57. The Morgan fingerprint density at radius 3 is 2.70 bits per heavy atom. The molecule has 0 radical (unpaired) electrons. The third kappa shape index (κ3) is 3.54. The Hall–Kier alpha value is -2.75. The van der Waals surface area contributed by atoms with Gasteiger partial charge in [0.2, 0.25) is 0 Å². The van der Waals surface area contributed by atoms with Crippen molar-refractivity contribution in [3.8, 4) is 5.75 Å². The average Bonchev–Trinajstić information content (AvgIpc) is 3.05. The Labute approximate surface area is 134 Å². The van der Waals surface area contributed by atoms with Crippen LogP contribution >= 0.6 is 0 Å². The van der Waals surface area contributed by atoms with E-state index in [1.54, 1.807) is 37.5 Å². The molecule has 0 saturated heterocycles. The van der Waals surface area contributed by atoms with Crippen LogP contribution in [-0.2, 0) is 11.2 Å². The van der Waals surface area contributed by atoms with Crippen molar-refractivity contribution in [1.29, 1.82) is 0 Å². The summed E-state index contributed by atoms with van der Waals surface area (Å²) in [6.45, 7) is 2.70. The Morgan fingerprint density at radius 2 is 1.91 bits per heavy atom. The Kier molecular flexibility index (Phi) is 4.62. The number of hydrogen-bond acceptors (Lipinski definition) is 4. The Bertz CT molecular complexity index is 786. The normalized spacial score (nSPS) is 10.7. The van der Waals surface area contributed by atoms with Gasteiger partial charge in [0, 0.05) is 11.8 Å². The molecule has 0 unspecified atom stereocenters. The van der Waals surface area contributed by atoms with E-state index < -0.39 is 0 Å². The van der Waals surface area contributed by atoms with Gasteiger partial charge in [-0.25, -0.2) is 4.79 Å². The van der Waals surface area contributed by atoms with Crippen LogP contribution in [0.5, 0.6) is 5.75 Å². The van der Waals surface area contributed by atoms with Crippen molar-refractivity contribution in [2.45, 2.75) is 13.3 Å². The van der Waals surface area contributed by atoms with Crippen LogP contribution in [0.3, 0.4) is 0 Å². The van der Waals surface area contributed by atoms with Gasteiger partial charge in [-0.15, -0.1) is 0 Å². The molecule has 0 spiro atoms.